The second-order valence-corrected chi connectivity index (χ2v) is 3.48. The molecule has 0 fully saturated rings. The van der Waals surface area contributed by atoms with Crippen molar-refractivity contribution in [3.8, 4) is 0 Å². The molecule has 0 unspecified atom stereocenters. The van der Waals surface area contributed by atoms with E-state index in [1.54, 1.807) is 18.5 Å². The molecule has 6 heteroatoms. The normalized spacial score (nSPS) is 8.27. The molecule has 0 N–H and O–H groups in total. The summed E-state index contributed by atoms with van der Waals surface area (Å²) >= 11 is 0. The van der Waals surface area contributed by atoms with E-state index < -0.39 is 0 Å². The Bertz CT molecular complexity index is 173. The Kier molecular flexibility index (Phi) is 8.73. The van der Waals surface area contributed by atoms with Gasteiger partial charge in [0.05, 0.1) is 0 Å². The predicted octanol–water partition coefficient (Wildman–Crippen LogP) is 3.23. The molecule has 1 rings (SSSR count). The summed E-state index contributed by atoms with van der Waals surface area (Å²) in [5.74, 6) is 0. The molecule has 0 atom stereocenters. The Labute approximate surface area is 83.1 Å². The maximum Gasteiger partial charge on any atom is 0.203 e. The van der Waals surface area contributed by atoms with Crippen molar-refractivity contribution in [2.24, 2.45) is 0 Å². The fourth-order valence-corrected chi connectivity index (χ4v) is 0.766. The minimum atomic E-state index is 0.592. The molecule has 0 aliphatic rings. The highest BCUT2D eigenvalue weighted by atomic mass is 35.7. The van der Waals surface area contributed by atoms with Gasteiger partial charge in [0.2, 0.25) is 5.16 Å². The fraction of sp³-hybridized carbons (Fsp3) is 0.200. The highest BCUT2D eigenvalue weighted by molar-refractivity contribution is 8.21. The van der Waals surface area contributed by atoms with Crippen LogP contribution in [-0.2, 0) is 0 Å². The van der Waals surface area contributed by atoms with Gasteiger partial charge in [-0.1, -0.05) is 11.0 Å². The number of hydrogen-bond donors (Lipinski definition) is 0. The van der Waals surface area contributed by atoms with Crippen molar-refractivity contribution in [3.05, 3.63) is 18.5 Å². The van der Waals surface area contributed by atoms with Gasteiger partial charge in [-0.2, -0.15) is 0 Å². The quantitative estimate of drug-likeness (QED) is 0.690. The molecule has 0 spiro atoms. The van der Waals surface area contributed by atoms with Crippen molar-refractivity contribution >= 4 is 43.3 Å². The SMILES string of the molecule is CSCl.ClSc1ncccn1. The van der Waals surface area contributed by atoms with E-state index in [-0.39, 0.29) is 0 Å². The predicted molar refractivity (Wildman–Crippen MR) is 53.1 cm³/mol. The van der Waals surface area contributed by atoms with E-state index in [2.05, 4.69) is 9.97 Å². The number of hydrogen-bond acceptors (Lipinski definition) is 4. The molecule has 2 nitrogen and oxygen atoms in total. The van der Waals surface area contributed by atoms with Crippen molar-refractivity contribution in [1.29, 1.82) is 0 Å². The van der Waals surface area contributed by atoms with Gasteiger partial charge in [-0.15, -0.1) is 0 Å². The maximum atomic E-state index is 5.32. The summed E-state index contributed by atoms with van der Waals surface area (Å²) in [5, 5.41) is 0.592. The molecule has 62 valence electrons. The zero-order chi connectivity index (χ0) is 8.53. The molecule has 0 amide bonds. The minimum Gasteiger partial charge on any atom is -0.230 e. The van der Waals surface area contributed by atoms with Crippen LogP contribution in [0.4, 0.5) is 0 Å². The third kappa shape index (κ3) is 6.75. The minimum absolute atomic E-state index is 0.592. The van der Waals surface area contributed by atoms with E-state index in [1.165, 1.54) is 11.0 Å². The summed E-state index contributed by atoms with van der Waals surface area (Å²) in [7, 11) is 12.5. The lowest BCUT2D eigenvalue weighted by molar-refractivity contribution is 0.973. The summed E-state index contributed by atoms with van der Waals surface area (Å²) in [4.78, 5) is 7.63. The van der Waals surface area contributed by atoms with Crippen LogP contribution in [0.15, 0.2) is 23.6 Å². The van der Waals surface area contributed by atoms with Gasteiger partial charge in [0.25, 0.3) is 0 Å². The van der Waals surface area contributed by atoms with Gasteiger partial charge >= 0.3 is 0 Å². The van der Waals surface area contributed by atoms with E-state index in [4.69, 9.17) is 21.4 Å². The van der Waals surface area contributed by atoms with Crippen LogP contribution in [-0.4, -0.2) is 16.2 Å². The molecule has 0 aromatic carbocycles. The molecule has 1 aromatic rings. The topological polar surface area (TPSA) is 25.8 Å². The zero-order valence-electron chi connectivity index (χ0n) is 5.70. The van der Waals surface area contributed by atoms with Crippen molar-refractivity contribution in [1.82, 2.24) is 9.97 Å². The van der Waals surface area contributed by atoms with Crippen molar-refractivity contribution < 1.29 is 0 Å². The third-order valence-corrected chi connectivity index (χ3v) is 1.37. The van der Waals surface area contributed by atoms with Crippen molar-refractivity contribution in [3.63, 3.8) is 0 Å². The molecule has 0 saturated heterocycles. The summed E-state index contributed by atoms with van der Waals surface area (Å²) in [5.41, 5.74) is 0. The second kappa shape index (κ2) is 8.46. The maximum absolute atomic E-state index is 5.32. The first kappa shape index (κ1) is 11.4. The van der Waals surface area contributed by atoms with Crippen LogP contribution >= 0.6 is 43.3 Å². The monoisotopic (exact) mass is 228 g/mol. The van der Waals surface area contributed by atoms with Crippen LogP contribution in [0.2, 0.25) is 0 Å². The first-order valence-electron chi connectivity index (χ1n) is 2.55. The molecular formula is C5H6Cl2N2S2. The van der Waals surface area contributed by atoms with Gasteiger partial charge < -0.3 is 0 Å². The molecule has 1 heterocycles. The molecule has 0 aliphatic carbocycles. The van der Waals surface area contributed by atoms with E-state index >= 15 is 0 Å². The average Bonchev–Trinajstić information content (AvgIpc) is 2.08. The number of rotatable bonds is 1. The fourth-order valence-electron chi connectivity index (χ4n) is 0.325. The molecule has 0 aliphatic heterocycles. The Hall–Kier alpha value is 0.360. The Morgan fingerprint density at radius 1 is 1.27 bits per heavy atom. The van der Waals surface area contributed by atoms with Gasteiger partial charge in [0.1, 0.15) is 0 Å². The average molecular weight is 229 g/mol. The number of halogens is 2. The Morgan fingerprint density at radius 3 is 2.00 bits per heavy atom. The van der Waals surface area contributed by atoms with Gasteiger partial charge in [-0.25, -0.2) is 9.97 Å². The highest BCUT2D eigenvalue weighted by Crippen LogP contribution is 2.14. The summed E-state index contributed by atoms with van der Waals surface area (Å²) < 4.78 is 0. The van der Waals surface area contributed by atoms with Crippen LogP contribution in [0.3, 0.4) is 0 Å². The van der Waals surface area contributed by atoms with E-state index in [1.807, 2.05) is 6.26 Å². The van der Waals surface area contributed by atoms with E-state index in [9.17, 15) is 0 Å². The smallest absolute Gasteiger partial charge is 0.203 e. The molecule has 0 bridgehead atoms. The second-order valence-electron chi connectivity index (χ2n) is 1.26. The molecular weight excluding hydrogens is 223 g/mol. The van der Waals surface area contributed by atoms with E-state index in [0.29, 0.717) is 5.16 Å². The lowest BCUT2D eigenvalue weighted by atomic mass is 10.7. The van der Waals surface area contributed by atoms with Gasteiger partial charge in [-0.3, -0.25) is 0 Å². The first-order chi connectivity index (χ1) is 5.35. The first-order valence-corrected chi connectivity index (χ1v) is 6.24. The van der Waals surface area contributed by atoms with Crippen LogP contribution in [0.25, 0.3) is 0 Å². The number of aromatic nitrogens is 2. The van der Waals surface area contributed by atoms with Gasteiger partial charge in [0, 0.05) is 23.4 Å². The van der Waals surface area contributed by atoms with Crippen LogP contribution in [0, 0.1) is 0 Å². The Morgan fingerprint density at radius 2 is 1.73 bits per heavy atom. The summed E-state index contributed by atoms with van der Waals surface area (Å²) in [6.45, 7) is 0. The van der Waals surface area contributed by atoms with Crippen molar-refractivity contribution in [2.75, 3.05) is 6.26 Å². The van der Waals surface area contributed by atoms with Crippen LogP contribution in [0.5, 0.6) is 0 Å². The molecule has 0 saturated carbocycles. The van der Waals surface area contributed by atoms with Crippen molar-refractivity contribution in [2.45, 2.75) is 5.16 Å². The zero-order valence-corrected chi connectivity index (χ0v) is 8.84. The van der Waals surface area contributed by atoms with Gasteiger partial charge in [-0.05, 0) is 33.7 Å². The van der Waals surface area contributed by atoms with Crippen LogP contribution < -0.4 is 0 Å². The molecule has 1 aromatic heterocycles. The summed E-state index contributed by atoms with van der Waals surface area (Å²) in [6.07, 6.45) is 5.11. The lowest BCUT2D eigenvalue weighted by Crippen LogP contribution is -1.77. The van der Waals surface area contributed by atoms with Gasteiger partial charge in [0.15, 0.2) is 0 Å². The lowest BCUT2D eigenvalue weighted by Gasteiger charge is -1.85. The summed E-state index contributed by atoms with van der Waals surface area (Å²) in [6, 6.07) is 1.75. The standard InChI is InChI=1S/C4H3ClN2S.CH3ClS/c5-8-4-6-2-1-3-7-4;1-3-2/h1-3H;1H3. The van der Waals surface area contributed by atoms with E-state index in [0.717, 1.165) is 11.0 Å². The largest absolute Gasteiger partial charge is 0.230 e. The molecule has 0 radical (unpaired) electrons. The third-order valence-electron chi connectivity index (χ3n) is 0.611. The number of nitrogens with zero attached hydrogens (tertiary/aromatic N) is 2. The highest BCUT2D eigenvalue weighted by Gasteiger charge is 1.86. The Balaban J connectivity index is 0.000000292. The van der Waals surface area contributed by atoms with Crippen LogP contribution in [0.1, 0.15) is 0 Å². The molecule has 11 heavy (non-hydrogen) atoms.